The van der Waals surface area contributed by atoms with Gasteiger partial charge in [0.25, 0.3) is 0 Å². The van der Waals surface area contributed by atoms with E-state index in [0.29, 0.717) is 51.6 Å². The maximum absolute atomic E-state index is 13.8. The first-order chi connectivity index (χ1) is 24.6. The zero-order chi connectivity index (χ0) is 39.4. The van der Waals surface area contributed by atoms with Gasteiger partial charge in [0, 0.05) is 26.6 Å². The van der Waals surface area contributed by atoms with Crippen LogP contribution in [0.15, 0.2) is 4.99 Å². The van der Waals surface area contributed by atoms with E-state index in [1.165, 1.54) is 11.8 Å². The Morgan fingerprint density at radius 3 is 1.85 bits per heavy atom. The summed E-state index contributed by atoms with van der Waals surface area (Å²) in [5, 5.41) is 35.1. The number of aliphatic imine (C=N–C) groups is 1. The number of aliphatic hydroxyl groups excluding tert-OH is 2. The number of likely N-dealkylation sites (tertiary alicyclic amines) is 1. The molecule has 12 N–H and O–H groups in total. The molecule has 52 heavy (non-hydrogen) atoms. The number of aliphatic hydroxyl groups is 2. The average Bonchev–Trinajstić information content (AvgIpc) is 3.60. The highest BCUT2D eigenvalue weighted by molar-refractivity contribution is 5.97. The zero-order valence-electron chi connectivity index (χ0n) is 31.0. The summed E-state index contributed by atoms with van der Waals surface area (Å²) in [5.41, 5.74) is 10.9. The van der Waals surface area contributed by atoms with E-state index in [2.05, 4.69) is 36.9 Å². The fourth-order valence-corrected chi connectivity index (χ4v) is 5.62. The molecule has 0 aromatic heterocycles. The van der Waals surface area contributed by atoms with Crippen LogP contribution in [0.3, 0.4) is 0 Å². The molecule has 0 aromatic rings. The quantitative estimate of drug-likeness (QED) is 0.0283. The standard InChI is InChI=1S/C33H60N10O9/c1-6-9-12-21(27(47)40-22(13-10-15-37-33(34)35)32(52)43-16-11-14-25(43)30(50)36-8-3)39-28(48)23(17-44)41-29(49)24(18-45)42-31(51)26(19(4)7-2)38-20(5)46/h19,21-26,44-45H,6-18H2,1-5H3,(H,36,50)(H,38,46)(H,39,48)(H,40,47)(H,41,49)(H,42,51)(H4,34,35,37)/t19-,21+,22+,23+,24+,25+,26-/m1/s1. The molecule has 0 unspecified atom stereocenters. The second-order valence-electron chi connectivity index (χ2n) is 12.8. The van der Waals surface area contributed by atoms with Crippen molar-refractivity contribution >= 4 is 47.3 Å². The molecule has 1 fully saturated rings. The number of unbranched alkanes of at least 4 members (excludes halogenated alkanes) is 1. The maximum atomic E-state index is 13.8. The predicted molar refractivity (Wildman–Crippen MR) is 192 cm³/mol. The maximum Gasteiger partial charge on any atom is 0.245 e. The van der Waals surface area contributed by atoms with E-state index in [0.717, 1.165) is 0 Å². The topological polar surface area (TPSA) is 300 Å². The number of hydrogen-bond donors (Lipinski definition) is 10. The van der Waals surface area contributed by atoms with Gasteiger partial charge in [-0.3, -0.25) is 38.6 Å². The van der Waals surface area contributed by atoms with Crippen LogP contribution in [0.1, 0.15) is 86.0 Å². The summed E-state index contributed by atoms with van der Waals surface area (Å²) in [5.74, 6) is -5.04. The summed E-state index contributed by atoms with van der Waals surface area (Å²) < 4.78 is 0. The first kappa shape index (κ1) is 45.5. The SMILES string of the molecule is CCCC[C@H](NC(=O)[C@H](CO)NC(=O)[C@H](CO)NC(=O)[C@H](NC(C)=O)[C@H](C)CC)C(=O)N[C@@H](CCCN=C(N)N)C(=O)N1CCC[C@H]1C(=O)NCC. The summed E-state index contributed by atoms with van der Waals surface area (Å²) in [4.78, 5) is 96.5. The van der Waals surface area contributed by atoms with Crippen molar-refractivity contribution in [2.75, 3.05) is 32.8 Å². The molecule has 7 amide bonds. The molecule has 0 spiro atoms. The van der Waals surface area contributed by atoms with E-state index >= 15 is 0 Å². The number of nitrogens with zero attached hydrogens (tertiary/aromatic N) is 2. The molecule has 1 saturated heterocycles. The molecule has 19 nitrogen and oxygen atoms in total. The number of rotatable bonds is 23. The van der Waals surface area contributed by atoms with E-state index < -0.39 is 84.9 Å². The molecular formula is C33H60N10O9. The smallest absolute Gasteiger partial charge is 0.245 e. The Balaban J connectivity index is 3.16. The Hall–Kier alpha value is -4.52. The number of likely N-dealkylation sites (N-methyl/N-ethyl adjacent to an activating group) is 1. The van der Waals surface area contributed by atoms with Gasteiger partial charge < -0.3 is 58.5 Å². The molecule has 0 bridgehead atoms. The van der Waals surface area contributed by atoms with Crippen molar-refractivity contribution in [2.45, 2.75) is 122 Å². The van der Waals surface area contributed by atoms with Gasteiger partial charge in [0.1, 0.15) is 36.3 Å². The van der Waals surface area contributed by atoms with Crippen molar-refractivity contribution in [1.82, 2.24) is 36.8 Å². The lowest BCUT2D eigenvalue weighted by Crippen LogP contribution is -2.61. The highest BCUT2D eigenvalue weighted by Gasteiger charge is 2.38. The Labute approximate surface area is 305 Å². The number of carbonyl (C=O) groups is 7. The lowest BCUT2D eigenvalue weighted by atomic mass is 9.98. The lowest BCUT2D eigenvalue weighted by Gasteiger charge is -2.30. The fourth-order valence-electron chi connectivity index (χ4n) is 5.62. The first-order valence-corrected chi connectivity index (χ1v) is 18.0. The van der Waals surface area contributed by atoms with E-state index in [-0.39, 0.29) is 37.2 Å². The molecule has 1 aliphatic rings. The molecule has 0 aliphatic carbocycles. The third-order valence-electron chi connectivity index (χ3n) is 8.71. The van der Waals surface area contributed by atoms with Crippen LogP contribution in [0.2, 0.25) is 0 Å². The van der Waals surface area contributed by atoms with E-state index in [1.54, 1.807) is 13.8 Å². The fraction of sp³-hybridized carbons (Fsp3) is 0.758. The van der Waals surface area contributed by atoms with Gasteiger partial charge in [-0.05, 0) is 44.9 Å². The minimum absolute atomic E-state index is 0.123. The highest BCUT2D eigenvalue weighted by Crippen LogP contribution is 2.20. The minimum atomic E-state index is -1.59. The lowest BCUT2D eigenvalue weighted by molar-refractivity contribution is -0.142. The number of nitrogens with one attached hydrogen (secondary N) is 6. The van der Waals surface area contributed by atoms with Gasteiger partial charge in [-0.2, -0.15) is 0 Å². The summed E-state index contributed by atoms with van der Waals surface area (Å²) in [6.07, 6.45) is 3.31. The summed E-state index contributed by atoms with van der Waals surface area (Å²) in [7, 11) is 0. The van der Waals surface area contributed by atoms with Crippen molar-refractivity contribution in [3.63, 3.8) is 0 Å². The van der Waals surface area contributed by atoms with Crippen LogP contribution >= 0.6 is 0 Å². The van der Waals surface area contributed by atoms with Crippen molar-refractivity contribution < 1.29 is 43.8 Å². The molecule has 1 rings (SSSR count). The van der Waals surface area contributed by atoms with Crippen molar-refractivity contribution in [2.24, 2.45) is 22.4 Å². The van der Waals surface area contributed by atoms with Crippen LogP contribution in [-0.2, 0) is 33.6 Å². The largest absolute Gasteiger partial charge is 0.394 e. The molecule has 0 aromatic carbocycles. The zero-order valence-corrected chi connectivity index (χ0v) is 31.0. The highest BCUT2D eigenvalue weighted by atomic mass is 16.3. The monoisotopic (exact) mass is 740 g/mol. The molecule has 1 heterocycles. The molecule has 19 heteroatoms. The van der Waals surface area contributed by atoms with Gasteiger partial charge in [-0.15, -0.1) is 0 Å². The van der Waals surface area contributed by atoms with E-state index in [9.17, 15) is 43.8 Å². The van der Waals surface area contributed by atoms with Gasteiger partial charge in [-0.25, -0.2) is 0 Å². The molecular weight excluding hydrogens is 680 g/mol. The Kier molecular flexibility index (Phi) is 20.9. The first-order valence-electron chi connectivity index (χ1n) is 18.0. The van der Waals surface area contributed by atoms with Gasteiger partial charge in [-0.1, -0.05) is 40.0 Å². The van der Waals surface area contributed by atoms with Crippen LogP contribution in [0, 0.1) is 5.92 Å². The van der Waals surface area contributed by atoms with Gasteiger partial charge in [0.05, 0.1) is 13.2 Å². The van der Waals surface area contributed by atoms with Gasteiger partial charge in [0.15, 0.2) is 5.96 Å². The predicted octanol–water partition coefficient (Wildman–Crippen LogP) is -3.17. The number of guanidine groups is 1. The molecule has 0 radical (unpaired) electrons. The summed E-state index contributed by atoms with van der Waals surface area (Å²) in [6, 6.07) is -7.09. The van der Waals surface area contributed by atoms with E-state index in [4.69, 9.17) is 11.5 Å². The Bertz CT molecular complexity index is 1250. The number of carbonyl (C=O) groups excluding carboxylic acids is 7. The van der Waals surface area contributed by atoms with Crippen LogP contribution < -0.4 is 43.4 Å². The van der Waals surface area contributed by atoms with Crippen LogP contribution in [0.5, 0.6) is 0 Å². The van der Waals surface area contributed by atoms with Crippen LogP contribution in [-0.4, -0.2) is 132 Å². The van der Waals surface area contributed by atoms with Gasteiger partial charge in [0.2, 0.25) is 41.4 Å². The number of nitrogens with two attached hydrogens (primary N) is 2. The normalized spacial score (nSPS) is 17.3. The second-order valence-corrected chi connectivity index (χ2v) is 12.8. The van der Waals surface area contributed by atoms with Gasteiger partial charge >= 0.3 is 0 Å². The number of hydrogen-bond acceptors (Lipinski definition) is 10. The summed E-state index contributed by atoms with van der Waals surface area (Å²) >= 11 is 0. The Morgan fingerprint density at radius 2 is 1.33 bits per heavy atom. The minimum Gasteiger partial charge on any atom is -0.394 e. The average molecular weight is 741 g/mol. The third kappa shape index (κ3) is 15.0. The molecule has 1 aliphatic heterocycles. The summed E-state index contributed by atoms with van der Waals surface area (Å²) in [6.45, 7) is 7.55. The van der Waals surface area contributed by atoms with Crippen LogP contribution in [0.4, 0.5) is 0 Å². The molecule has 296 valence electrons. The molecule has 7 atom stereocenters. The third-order valence-corrected chi connectivity index (χ3v) is 8.71. The van der Waals surface area contributed by atoms with Crippen LogP contribution in [0.25, 0.3) is 0 Å². The Morgan fingerprint density at radius 1 is 0.788 bits per heavy atom. The van der Waals surface area contributed by atoms with Crippen molar-refractivity contribution in [3.8, 4) is 0 Å². The van der Waals surface area contributed by atoms with Crippen molar-refractivity contribution in [1.29, 1.82) is 0 Å². The van der Waals surface area contributed by atoms with Crippen molar-refractivity contribution in [3.05, 3.63) is 0 Å². The van der Waals surface area contributed by atoms with E-state index in [1.807, 2.05) is 13.8 Å². The second kappa shape index (κ2) is 23.9. The molecule has 0 saturated carbocycles. The number of amides is 7.